The molecule has 5 nitrogen and oxygen atoms in total. The van der Waals surface area contributed by atoms with Crippen molar-refractivity contribution in [3.05, 3.63) is 101 Å². The molecule has 0 saturated carbocycles. The molecule has 1 amide bonds. The number of carbonyl (C=O) groups excluding carboxylic acids is 1. The van der Waals surface area contributed by atoms with Gasteiger partial charge in [-0.2, -0.15) is 5.10 Å². The molecule has 5 heteroatoms. The van der Waals surface area contributed by atoms with Crippen molar-refractivity contribution in [1.82, 2.24) is 9.99 Å². The number of aryl methyl sites for hydroxylation is 2. The highest BCUT2D eigenvalue weighted by atomic mass is 16.5. The number of ether oxygens (including phenoxy) is 1. The van der Waals surface area contributed by atoms with E-state index in [0.717, 1.165) is 50.1 Å². The molecule has 0 bridgehead atoms. The number of methoxy groups -OCH3 is 1. The molecule has 0 N–H and O–H groups in total. The minimum atomic E-state index is -0.187. The van der Waals surface area contributed by atoms with Crippen LogP contribution in [0, 0.1) is 13.8 Å². The zero-order valence-electron chi connectivity index (χ0n) is 19.7. The minimum Gasteiger partial charge on any atom is -0.375 e. The van der Waals surface area contributed by atoms with E-state index < -0.39 is 0 Å². The average molecular weight is 450 g/mol. The second-order valence-corrected chi connectivity index (χ2v) is 8.62. The predicted molar refractivity (Wildman–Crippen MR) is 136 cm³/mol. The number of hydrogen-bond donors (Lipinski definition) is 0. The predicted octanol–water partition coefficient (Wildman–Crippen LogP) is 5.84. The molecular weight excluding hydrogens is 422 g/mol. The van der Waals surface area contributed by atoms with E-state index in [4.69, 9.17) is 14.8 Å². The number of fused-ring (bicyclic) bond motifs is 1. The number of benzene rings is 3. The number of pyridine rings is 1. The number of para-hydroxylation sites is 1. The van der Waals surface area contributed by atoms with Crippen LogP contribution in [0.15, 0.2) is 84.0 Å². The van der Waals surface area contributed by atoms with Crippen LogP contribution in [0.3, 0.4) is 0 Å². The van der Waals surface area contributed by atoms with Gasteiger partial charge in [0.15, 0.2) is 0 Å². The Morgan fingerprint density at radius 3 is 2.41 bits per heavy atom. The molecule has 4 aromatic rings. The molecule has 0 radical (unpaired) electrons. The second kappa shape index (κ2) is 9.20. The summed E-state index contributed by atoms with van der Waals surface area (Å²) in [6.45, 7) is 4.09. The number of amides is 1. The van der Waals surface area contributed by atoms with E-state index in [1.165, 1.54) is 7.11 Å². The molecule has 0 saturated heterocycles. The highest BCUT2D eigenvalue weighted by Gasteiger charge is 2.35. The van der Waals surface area contributed by atoms with Gasteiger partial charge in [-0.15, -0.1) is 0 Å². The molecule has 2 heterocycles. The molecule has 34 heavy (non-hydrogen) atoms. The van der Waals surface area contributed by atoms with Crippen LogP contribution in [-0.2, 0) is 9.53 Å². The summed E-state index contributed by atoms with van der Waals surface area (Å²) in [5, 5.41) is 7.59. The van der Waals surface area contributed by atoms with Crippen LogP contribution < -0.4 is 0 Å². The van der Waals surface area contributed by atoms with Gasteiger partial charge in [0.1, 0.15) is 6.61 Å². The summed E-state index contributed by atoms with van der Waals surface area (Å²) in [6.07, 6.45) is 0.612. The number of aromatic nitrogens is 1. The SMILES string of the molecule is COCC(=O)N1N=C(c2c(C)nc3ccccc3c2-c2ccccc2)C[C@H]1c1ccccc1C. The van der Waals surface area contributed by atoms with Gasteiger partial charge in [-0.3, -0.25) is 9.78 Å². The fraction of sp³-hybridized carbons (Fsp3) is 0.207. The quantitative estimate of drug-likeness (QED) is 0.384. The van der Waals surface area contributed by atoms with Gasteiger partial charge < -0.3 is 4.74 Å². The molecule has 170 valence electrons. The lowest BCUT2D eigenvalue weighted by Gasteiger charge is -2.23. The maximum atomic E-state index is 13.0. The topological polar surface area (TPSA) is 54.8 Å². The van der Waals surface area contributed by atoms with E-state index >= 15 is 0 Å². The van der Waals surface area contributed by atoms with Gasteiger partial charge in [0.25, 0.3) is 5.91 Å². The lowest BCUT2D eigenvalue weighted by Crippen LogP contribution is -2.30. The average Bonchev–Trinajstić information content (AvgIpc) is 3.29. The van der Waals surface area contributed by atoms with Crippen molar-refractivity contribution in [1.29, 1.82) is 0 Å². The maximum absolute atomic E-state index is 13.0. The van der Waals surface area contributed by atoms with E-state index in [1.54, 1.807) is 5.01 Å². The molecule has 3 aromatic carbocycles. The van der Waals surface area contributed by atoms with Crippen LogP contribution in [0.1, 0.15) is 34.8 Å². The Hall–Kier alpha value is -3.83. The zero-order valence-corrected chi connectivity index (χ0v) is 19.7. The lowest BCUT2D eigenvalue weighted by molar-refractivity contribution is -0.137. The van der Waals surface area contributed by atoms with Crippen molar-refractivity contribution in [2.24, 2.45) is 5.10 Å². The molecule has 1 aromatic heterocycles. The van der Waals surface area contributed by atoms with Crippen LogP contribution in [-0.4, -0.2) is 35.3 Å². The van der Waals surface area contributed by atoms with Crippen molar-refractivity contribution in [3.8, 4) is 11.1 Å². The Bertz CT molecular complexity index is 1400. The first-order valence-electron chi connectivity index (χ1n) is 11.5. The molecular formula is C29H27N3O2. The third-order valence-corrected chi connectivity index (χ3v) is 6.41. The highest BCUT2D eigenvalue weighted by molar-refractivity contribution is 6.14. The smallest absolute Gasteiger partial charge is 0.269 e. The van der Waals surface area contributed by atoms with Crippen LogP contribution in [0.2, 0.25) is 0 Å². The number of hydrogen-bond acceptors (Lipinski definition) is 4. The van der Waals surface area contributed by atoms with E-state index in [0.29, 0.717) is 6.42 Å². The third-order valence-electron chi connectivity index (χ3n) is 6.41. The maximum Gasteiger partial charge on any atom is 0.269 e. The van der Waals surface area contributed by atoms with Crippen LogP contribution in [0.5, 0.6) is 0 Å². The second-order valence-electron chi connectivity index (χ2n) is 8.62. The molecule has 1 atom stereocenters. The Kier molecular flexibility index (Phi) is 5.95. The number of rotatable bonds is 5. The summed E-state index contributed by atoms with van der Waals surface area (Å²) in [7, 11) is 1.53. The summed E-state index contributed by atoms with van der Waals surface area (Å²) in [5.41, 5.74) is 8.16. The van der Waals surface area contributed by atoms with Gasteiger partial charge in [0.05, 0.1) is 17.3 Å². The van der Waals surface area contributed by atoms with Crippen LogP contribution >= 0.6 is 0 Å². The fourth-order valence-electron chi connectivity index (χ4n) is 4.88. The van der Waals surface area contributed by atoms with Crippen molar-refractivity contribution in [2.45, 2.75) is 26.3 Å². The molecule has 1 aliphatic heterocycles. The van der Waals surface area contributed by atoms with Crippen LogP contribution in [0.4, 0.5) is 0 Å². The molecule has 5 rings (SSSR count). The first kappa shape index (κ1) is 22.0. The van der Waals surface area contributed by atoms with Gasteiger partial charge >= 0.3 is 0 Å². The van der Waals surface area contributed by atoms with Crippen LogP contribution in [0.25, 0.3) is 22.0 Å². The highest BCUT2D eigenvalue weighted by Crippen LogP contribution is 2.39. The number of hydrazone groups is 1. The van der Waals surface area contributed by atoms with Gasteiger partial charge in [0, 0.05) is 35.7 Å². The Balaban J connectivity index is 1.72. The van der Waals surface area contributed by atoms with Crippen molar-refractivity contribution in [3.63, 3.8) is 0 Å². The van der Waals surface area contributed by atoms with Crippen molar-refractivity contribution in [2.75, 3.05) is 13.7 Å². The van der Waals surface area contributed by atoms with Gasteiger partial charge in [-0.05, 0) is 36.6 Å². The molecule has 1 aliphatic rings. The molecule has 0 unspecified atom stereocenters. The number of carbonyl (C=O) groups is 1. The first-order valence-corrected chi connectivity index (χ1v) is 11.5. The van der Waals surface area contributed by atoms with E-state index in [-0.39, 0.29) is 18.6 Å². The Labute approximate surface area is 199 Å². The summed E-state index contributed by atoms with van der Waals surface area (Å²) in [6, 6.07) is 26.5. The van der Waals surface area contributed by atoms with Crippen molar-refractivity contribution < 1.29 is 9.53 Å². The largest absolute Gasteiger partial charge is 0.375 e. The van der Waals surface area contributed by atoms with Crippen molar-refractivity contribution >= 4 is 22.5 Å². The standard InChI is InChI=1S/C29H27N3O2/c1-19-11-7-8-14-22(19)26-17-25(31-32(26)27(33)18-34-3)28-20(2)30-24-16-10-9-15-23(24)29(28)21-12-5-4-6-13-21/h4-16,26H,17-18H2,1-3H3/t26-/m0/s1. The van der Waals surface area contributed by atoms with Gasteiger partial charge in [-0.25, -0.2) is 5.01 Å². The summed E-state index contributed by atoms with van der Waals surface area (Å²) in [4.78, 5) is 18.0. The van der Waals surface area contributed by atoms with Gasteiger partial charge in [-0.1, -0.05) is 72.8 Å². The van der Waals surface area contributed by atoms with E-state index in [2.05, 4.69) is 37.3 Å². The van der Waals surface area contributed by atoms with E-state index in [9.17, 15) is 4.79 Å². The molecule has 0 aliphatic carbocycles. The third kappa shape index (κ3) is 3.88. The van der Waals surface area contributed by atoms with E-state index in [1.807, 2.05) is 55.5 Å². The minimum absolute atomic E-state index is 0.0142. The summed E-state index contributed by atoms with van der Waals surface area (Å²) >= 11 is 0. The zero-order chi connectivity index (χ0) is 23.7. The fourth-order valence-corrected chi connectivity index (χ4v) is 4.88. The summed E-state index contributed by atoms with van der Waals surface area (Å²) < 4.78 is 5.17. The molecule has 0 fully saturated rings. The summed E-state index contributed by atoms with van der Waals surface area (Å²) in [5.74, 6) is -0.154. The van der Waals surface area contributed by atoms with Gasteiger partial charge in [0.2, 0.25) is 0 Å². The normalized spacial score (nSPS) is 15.6. The first-order chi connectivity index (χ1) is 16.6. The monoisotopic (exact) mass is 449 g/mol. The molecule has 0 spiro atoms. The Morgan fingerprint density at radius 2 is 1.65 bits per heavy atom. The Morgan fingerprint density at radius 1 is 0.941 bits per heavy atom. The lowest BCUT2D eigenvalue weighted by atomic mass is 9.88. The number of nitrogens with zero attached hydrogens (tertiary/aromatic N) is 3.